The summed E-state index contributed by atoms with van der Waals surface area (Å²) in [6.07, 6.45) is 0.113. The van der Waals surface area contributed by atoms with Crippen LogP contribution in [0.25, 0.3) is 11.1 Å². The third-order valence-electron chi connectivity index (χ3n) is 6.84. The van der Waals surface area contributed by atoms with Gasteiger partial charge >= 0.3 is 12.1 Å². The third kappa shape index (κ3) is 4.00. The highest BCUT2D eigenvalue weighted by atomic mass is 16.5. The van der Waals surface area contributed by atoms with E-state index in [1.807, 2.05) is 49.4 Å². The summed E-state index contributed by atoms with van der Waals surface area (Å²) < 4.78 is 11.4. The van der Waals surface area contributed by atoms with Crippen molar-refractivity contribution < 1.29 is 24.2 Å². The average molecular weight is 458 g/mol. The molecule has 174 valence electrons. The average Bonchev–Trinajstić information content (AvgIpc) is 3.16. The first-order valence-electron chi connectivity index (χ1n) is 11.6. The van der Waals surface area contributed by atoms with E-state index in [2.05, 4.69) is 29.6 Å². The minimum absolute atomic E-state index is 0.0509. The zero-order chi connectivity index (χ0) is 23.7. The summed E-state index contributed by atoms with van der Waals surface area (Å²) in [5.41, 5.74) is 6.48. The summed E-state index contributed by atoms with van der Waals surface area (Å²) in [5.74, 6) is -0.977. The number of hydrogen-bond donors (Lipinski definition) is 2. The third-order valence-corrected chi connectivity index (χ3v) is 6.84. The molecule has 6 nitrogen and oxygen atoms in total. The van der Waals surface area contributed by atoms with Gasteiger partial charge in [-0.3, -0.25) is 4.79 Å². The van der Waals surface area contributed by atoms with Crippen LogP contribution in [0, 0.1) is 5.92 Å². The Hall–Kier alpha value is -3.80. The van der Waals surface area contributed by atoms with Gasteiger partial charge in [0.25, 0.3) is 0 Å². The largest absolute Gasteiger partial charge is 0.494 e. The first-order valence-corrected chi connectivity index (χ1v) is 11.6. The first kappa shape index (κ1) is 22.0. The first-order chi connectivity index (χ1) is 16.6. The van der Waals surface area contributed by atoms with Crippen molar-refractivity contribution in [3.05, 3.63) is 89.0 Å². The van der Waals surface area contributed by atoms with Crippen LogP contribution >= 0.6 is 0 Å². The number of rotatable bonds is 6. The lowest BCUT2D eigenvalue weighted by Gasteiger charge is -2.32. The van der Waals surface area contributed by atoms with E-state index in [-0.39, 0.29) is 12.5 Å². The molecule has 2 unspecified atom stereocenters. The van der Waals surface area contributed by atoms with E-state index in [1.165, 1.54) is 0 Å². The number of alkyl carbamates (subject to hydrolysis) is 1. The molecule has 3 aromatic carbocycles. The summed E-state index contributed by atoms with van der Waals surface area (Å²) >= 11 is 0. The van der Waals surface area contributed by atoms with Crippen LogP contribution in [0.5, 0.6) is 5.75 Å². The molecule has 6 heteroatoms. The molecule has 5 rings (SSSR count). The number of amides is 1. The molecule has 2 aliphatic carbocycles. The Bertz CT molecular complexity index is 1190. The van der Waals surface area contributed by atoms with Crippen LogP contribution in [-0.4, -0.2) is 36.4 Å². The number of aliphatic carboxylic acids is 1. The summed E-state index contributed by atoms with van der Waals surface area (Å²) in [7, 11) is 0. The summed E-state index contributed by atoms with van der Waals surface area (Å²) in [5, 5.41) is 12.7. The number of carbonyl (C=O) groups is 2. The minimum Gasteiger partial charge on any atom is -0.494 e. The van der Waals surface area contributed by atoms with E-state index in [4.69, 9.17) is 9.47 Å². The van der Waals surface area contributed by atoms with Gasteiger partial charge in [-0.1, -0.05) is 60.7 Å². The number of carbonyl (C=O) groups excluding carboxylic acids is 1. The normalized spacial score (nSPS) is 18.4. The van der Waals surface area contributed by atoms with Crippen molar-refractivity contribution in [2.45, 2.75) is 31.7 Å². The highest BCUT2D eigenvalue weighted by molar-refractivity contribution is 5.79. The molecule has 0 saturated carbocycles. The van der Waals surface area contributed by atoms with Crippen LogP contribution in [0.15, 0.2) is 66.7 Å². The summed E-state index contributed by atoms with van der Waals surface area (Å²) in [6, 6.07) is 21.4. The maximum Gasteiger partial charge on any atom is 0.407 e. The zero-order valence-corrected chi connectivity index (χ0v) is 19.0. The fraction of sp³-hybridized carbons (Fsp3) is 0.286. The van der Waals surface area contributed by atoms with Crippen LogP contribution in [0.1, 0.15) is 35.1 Å². The van der Waals surface area contributed by atoms with E-state index in [0.717, 1.165) is 39.1 Å². The minimum atomic E-state index is -0.934. The summed E-state index contributed by atoms with van der Waals surface area (Å²) in [4.78, 5) is 24.8. The van der Waals surface area contributed by atoms with Crippen molar-refractivity contribution >= 4 is 12.1 Å². The Balaban J connectivity index is 1.31. The lowest BCUT2D eigenvalue weighted by molar-refractivity contribution is -0.142. The molecule has 0 bridgehead atoms. The maximum absolute atomic E-state index is 12.8. The quantitative estimate of drug-likeness (QED) is 0.556. The molecule has 0 aromatic heterocycles. The number of carboxylic acid groups (broad SMARTS) is 1. The van der Waals surface area contributed by atoms with Gasteiger partial charge in [-0.05, 0) is 59.2 Å². The molecule has 0 aliphatic heterocycles. The molecule has 1 amide bonds. The second-order valence-corrected chi connectivity index (χ2v) is 8.76. The fourth-order valence-corrected chi connectivity index (χ4v) is 5.27. The standard InChI is InChI=1S/C28H27NO5/c1-2-33-26-13-7-8-17-14-23(27(30)31)25(15-22(17)26)29-28(32)34-16-24-20-11-5-3-9-18(20)19-10-4-6-12-21(19)24/h3-13,23-25H,2,14-16H2,1H3,(H,29,32)(H,30,31). The Morgan fingerprint density at radius 3 is 2.26 bits per heavy atom. The van der Waals surface area contributed by atoms with Crippen molar-refractivity contribution in [1.82, 2.24) is 5.32 Å². The van der Waals surface area contributed by atoms with E-state index >= 15 is 0 Å². The van der Waals surface area contributed by atoms with Crippen LogP contribution in [0.4, 0.5) is 4.79 Å². The second kappa shape index (κ2) is 9.21. The smallest absolute Gasteiger partial charge is 0.407 e. The van der Waals surface area contributed by atoms with Crippen molar-refractivity contribution in [2.75, 3.05) is 13.2 Å². The number of hydrogen-bond acceptors (Lipinski definition) is 4. The molecule has 2 aliphatic rings. The van der Waals surface area contributed by atoms with Gasteiger partial charge in [0.1, 0.15) is 12.4 Å². The van der Waals surface area contributed by atoms with E-state index in [0.29, 0.717) is 19.4 Å². The second-order valence-electron chi connectivity index (χ2n) is 8.76. The van der Waals surface area contributed by atoms with Crippen LogP contribution < -0.4 is 10.1 Å². The number of fused-ring (bicyclic) bond motifs is 4. The van der Waals surface area contributed by atoms with E-state index in [9.17, 15) is 14.7 Å². The van der Waals surface area contributed by atoms with Gasteiger partial charge in [-0.2, -0.15) is 0 Å². The van der Waals surface area contributed by atoms with Gasteiger partial charge in [0.15, 0.2) is 0 Å². The van der Waals surface area contributed by atoms with Crippen LogP contribution in [0.2, 0.25) is 0 Å². The molecule has 0 fully saturated rings. The van der Waals surface area contributed by atoms with Gasteiger partial charge in [-0.15, -0.1) is 0 Å². The van der Waals surface area contributed by atoms with Gasteiger partial charge in [0.2, 0.25) is 0 Å². The van der Waals surface area contributed by atoms with Gasteiger partial charge in [-0.25, -0.2) is 4.79 Å². The Kier molecular flexibility index (Phi) is 5.97. The maximum atomic E-state index is 12.8. The fourth-order valence-electron chi connectivity index (χ4n) is 5.27. The highest BCUT2D eigenvalue weighted by Crippen LogP contribution is 2.44. The van der Waals surface area contributed by atoms with Gasteiger partial charge in [0, 0.05) is 12.0 Å². The lowest BCUT2D eigenvalue weighted by Crippen LogP contribution is -2.48. The SMILES string of the molecule is CCOc1cccc2c1CC(NC(=O)OCC1c3ccccc3-c3ccccc31)C(C(=O)O)C2. The molecular formula is C28H27NO5. The Labute approximate surface area is 198 Å². The van der Waals surface area contributed by atoms with Crippen LogP contribution in [-0.2, 0) is 22.4 Å². The number of ether oxygens (including phenoxy) is 2. The molecule has 0 saturated heterocycles. The lowest BCUT2D eigenvalue weighted by atomic mass is 9.79. The van der Waals surface area contributed by atoms with Crippen LogP contribution in [0.3, 0.4) is 0 Å². The van der Waals surface area contributed by atoms with Gasteiger partial charge < -0.3 is 19.9 Å². The molecule has 0 heterocycles. The van der Waals surface area contributed by atoms with Crippen molar-refractivity contribution in [1.29, 1.82) is 0 Å². The summed E-state index contributed by atoms with van der Waals surface area (Å²) in [6.45, 7) is 2.61. The molecular weight excluding hydrogens is 430 g/mol. The van der Waals surface area contributed by atoms with Gasteiger partial charge in [0.05, 0.1) is 12.5 Å². The Morgan fingerprint density at radius 2 is 1.62 bits per heavy atom. The molecule has 34 heavy (non-hydrogen) atoms. The number of nitrogens with one attached hydrogen (secondary N) is 1. The number of carboxylic acids is 1. The highest BCUT2D eigenvalue weighted by Gasteiger charge is 2.36. The van der Waals surface area contributed by atoms with Crippen molar-refractivity contribution in [2.24, 2.45) is 5.92 Å². The predicted octanol–water partition coefficient (Wildman–Crippen LogP) is 4.79. The number of benzene rings is 3. The van der Waals surface area contributed by atoms with Crippen molar-refractivity contribution in [3.63, 3.8) is 0 Å². The van der Waals surface area contributed by atoms with E-state index < -0.39 is 24.0 Å². The topological polar surface area (TPSA) is 84.9 Å². The molecule has 0 radical (unpaired) electrons. The van der Waals surface area contributed by atoms with Crippen molar-refractivity contribution in [3.8, 4) is 16.9 Å². The molecule has 2 N–H and O–H groups in total. The zero-order valence-electron chi connectivity index (χ0n) is 19.0. The Morgan fingerprint density at radius 1 is 0.941 bits per heavy atom. The monoisotopic (exact) mass is 457 g/mol. The predicted molar refractivity (Wildman–Crippen MR) is 128 cm³/mol. The molecule has 2 atom stereocenters. The molecule has 0 spiro atoms. The van der Waals surface area contributed by atoms with E-state index in [1.54, 1.807) is 0 Å². The molecule has 3 aromatic rings.